The predicted molar refractivity (Wildman–Crippen MR) is 107 cm³/mol. The van der Waals surface area contributed by atoms with E-state index in [0.29, 0.717) is 25.5 Å². The number of aliphatic imine (C=N–C) groups is 1. The van der Waals surface area contributed by atoms with Crippen molar-refractivity contribution in [2.75, 3.05) is 20.2 Å². The first-order chi connectivity index (χ1) is 11.2. The van der Waals surface area contributed by atoms with Crippen LogP contribution in [-0.4, -0.2) is 26.2 Å². The summed E-state index contributed by atoms with van der Waals surface area (Å²) >= 11 is 0. The molecule has 0 aromatic heterocycles. The monoisotopic (exact) mass is 443 g/mol. The second-order valence-electron chi connectivity index (χ2n) is 5.15. The van der Waals surface area contributed by atoms with Gasteiger partial charge in [0.1, 0.15) is 0 Å². The van der Waals surface area contributed by atoms with Crippen molar-refractivity contribution in [3.63, 3.8) is 0 Å². The van der Waals surface area contributed by atoms with E-state index < -0.39 is 0 Å². The van der Waals surface area contributed by atoms with Crippen LogP contribution in [0.4, 0.5) is 4.39 Å². The third-order valence-corrected chi connectivity index (χ3v) is 3.46. The van der Waals surface area contributed by atoms with Crippen LogP contribution in [0.1, 0.15) is 11.1 Å². The van der Waals surface area contributed by atoms with Crippen LogP contribution >= 0.6 is 24.0 Å². The van der Waals surface area contributed by atoms with Crippen LogP contribution < -0.4 is 15.8 Å². The molecule has 0 aliphatic heterocycles. The Hall–Kier alpha value is -1.83. The Labute approximate surface area is 159 Å². The summed E-state index contributed by atoms with van der Waals surface area (Å²) in [4.78, 5) is 4.30. The fourth-order valence-corrected chi connectivity index (χ4v) is 2.20. The number of guanidine groups is 1. The van der Waals surface area contributed by atoms with Gasteiger partial charge in [-0.15, -0.1) is 24.0 Å². The van der Waals surface area contributed by atoms with E-state index in [1.54, 1.807) is 12.1 Å². The van der Waals surface area contributed by atoms with Crippen molar-refractivity contribution >= 4 is 29.9 Å². The van der Waals surface area contributed by atoms with E-state index in [9.17, 15) is 4.39 Å². The molecule has 3 N–H and O–H groups in total. The summed E-state index contributed by atoms with van der Waals surface area (Å²) in [6.45, 7) is 1.28. The zero-order chi connectivity index (χ0) is 16.5. The van der Waals surface area contributed by atoms with Gasteiger partial charge in [-0.1, -0.05) is 36.4 Å². The number of halogens is 2. The number of nitrogens with zero attached hydrogens (tertiary/aromatic N) is 1. The van der Waals surface area contributed by atoms with Gasteiger partial charge in [0, 0.05) is 13.1 Å². The quantitative estimate of drug-likeness (QED) is 0.393. The second kappa shape index (κ2) is 10.9. The van der Waals surface area contributed by atoms with Crippen LogP contribution in [0.5, 0.6) is 5.75 Å². The molecule has 0 aliphatic rings. The number of ether oxygens (including phenoxy) is 1. The summed E-state index contributed by atoms with van der Waals surface area (Å²) in [7, 11) is 1.46. The molecule has 0 atom stereocenters. The smallest absolute Gasteiger partial charge is 0.188 e. The van der Waals surface area contributed by atoms with Crippen molar-refractivity contribution in [1.82, 2.24) is 5.32 Å². The number of hydrogen-bond donors (Lipinski definition) is 2. The average Bonchev–Trinajstić information content (AvgIpc) is 2.57. The molecule has 0 saturated heterocycles. The predicted octanol–water partition coefficient (Wildman–Crippen LogP) is 3.14. The molecule has 130 valence electrons. The third-order valence-electron chi connectivity index (χ3n) is 3.46. The zero-order valence-corrected chi connectivity index (χ0v) is 16.0. The average molecular weight is 443 g/mol. The highest BCUT2D eigenvalue weighted by Crippen LogP contribution is 2.18. The topological polar surface area (TPSA) is 59.6 Å². The fraction of sp³-hybridized carbons (Fsp3) is 0.278. The first-order valence-corrected chi connectivity index (χ1v) is 7.59. The SMILES string of the molecule is COc1cc(CCNC(N)=NCCc2ccccc2)ccc1F.I. The lowest BCUT2D eigenvalue weighted by atomic mass is 10.1. The molecule has 2 aromatic carbocycles. The minimum atomic E-state index is -0.355. The van der Waals surface area contributed by atoms with E-state index >= 15 is 0 Å². The van der Waals surface area contributed by atoms with Crippen molar-refractivity contribution in [2.45, 2.75) is 12.8 Å². The van der Waals surface area contributed by atoms with Gasteiger partial charge in [-0.3, -0.25) is 4.99 Å². The van der Waals surface area contributed by atoms with Gasteiger partial charge in [-0.25, -0.2) is 4.39 Å². The normalized spacial score (nSPS) is 10.8. The van der Waals surface area contributed by atoms with Gasteiger partial charge in [-0.05, 0) is 36.1 Å². The van der Waals surface area contributed by atoms with Gasteiger partial charge < -0.3 is 15.8 Å². The molecule has 0 saturated carbocycles. The maximum absolute atomic E-state index is 13.3. The number of methoxy groups -OCH3 is 1. The Morgan fingerprint density at radius 3 is 2.58 bits per heavy atom. The van der Waals surface area contributed by atoms with Crippen molar-refractivity contribution < 1.29 is 9.13 Å². The van der Waals surface area contributed by atoms with E-state index in [-0.39, 0.29) is 35.5 Å². The van der Waals surface area contributed by atoms with Gasteiger partial charge in [0.2, 0.25) is 0 Å². The molecule has 6 heteroatoms. The highest BCUT2D eigenvalue weighted by Gasteiger charge is 2.03. The maximum atomic E-state index is 13.3. The molecular formula is C18H23FIN3O. The van der Waals surface area contributed by atoms with E-state index in [1.807, 2.05) is 18.2 Å². The summed E-state index contributed by atoms with van der Waals surface area (Å²) in [6, 6.07) is 15.0. The number of nitrogens with one attached hydrogen (secondary N) is 1. The lowest BCUT2D eigenvalue weighted by Gasteiger charge is -2.08. The Balaban J connectivity index is 0.00000288. The van der Waals surface area contributed by atoms with Crippen molar-refractivity contribution in [3.8, 4) is 5.75 Å². The number of hydrogen-bond acceptors (Lipinski definition) is 2. The molecule has 0 spiro atoms. The van der Waals surface area contributed by atoms with Crippen molar-refractivity contribution in [3.05, 3.63) is 65.5 Å². The highest BCUT2D eigenvalue weighted by atomic mass is 127. The highest BCUT2D eigenvalue weighted by molar-refractivity contribution is 14.0. The second-order valence-corrected chi connectivity index (χ2v) is 5.15. The molecule has 2 rings (SSSR count). The molecule has 0 heterocycles. The molecule has 0 fully saturated rings. The molecule has 2 aromatic rings. The van der Waals surface area contributed by atoms with Crippen LogP contribution in [0.3, 0.4) is 0 Å². The summed E-state index contributed by atoms with van der Waals surface area (Å²) in [6.07, 6.45) is 1.57. The Morgan fingerprint density at radius 2 is 1.88 bits per heavy atom. The Morgan fingerprint density at radius 1 is 1.12 bits per heavy atom. The third kappa shape index (κ3) is 6.74. The Bertz CT molecular complexity index is 650. The van der Waals surface area contributed by atoms with E-state index in [1.165, 1.54) is 18.7 Å². The molecule has 24 heavy (non-hydrogen) atoms. The van der Waals surface area contributed by atoms with Crippen molar-refractivity contribution in [2.24, 2.45) is 10.7 Å². The summed E-state index contributed by atoms with van der Waals surface area (Å²) < 4.78 is 18.3. The fourth-order valence-electron chi connectivity index (χ4n) is 2.20. The summed E-state index contributed by atoms with van der Waals surface area (Å²) in [5.41, 5.74) is 8.05. The van der Waals surface area contributed by atoms with Crippen LogP contribution in [0, 0.1) is 5.82 Å². The number of nitrogens with two attached hydrogens (primary N) is 1. The van der Waals surface area contributed by atoms with Crippen LogP contribution in [0.25, 0.3) is 0 Å². The summed E-state index contributed by atoms with van der Waals surface area (Å²) in [5.74, 6) is 0.327. The molecule has 0 aliphatic carbocycles. The minimum Gasteiger partial charge on any atom is -0.494 e. The lowest BCUT2D eigenvalue weighted by Crippen LogP contribution is -2.33. The molecule has 0 radical (unpaired) electrons. The minimum absolute atomic E-state index is 0. The van der Waals surface area contributed by atoms with Crippen LogP contribution in [-0.2, 0) is 12.8 Å². The van der Waals surface area contributed by atoms with Gasteiger partial charge in [0.15, 0.2) is 17.5 Å². The first-order valence-electron chi connectivity index (χ1n) is 7.59. The van der Waals surface area contributed by atoms with Gasteiger partial charge >= 0.3 is 0 Å². The first kappa shape index (κ1) is 20.2. The van der Waals surface area contributed by atoms with Gasteiger partial charge in [-0.2, -0.15) is 0 Å². The van der Waals surface area contributed by atoms with E-state index in [2.05, 4.69) is 22.4 Å². The number of benzene rings is 2. The van der Waals surface area contributed by atoms with Crippen LogP contribution in [0.15, 0.2) is 53.5 Å². The largest absolute Gasteiger partial charge is 0.494 e. The molecular weight excluding hydrogens is 420 g/mol. The number of rotatable bonds is 7. The molecule has 0 bridgehead atoms. The van der Waals surface area contributed by atoms with Crippen molar-refractivity contribution in [1.29, 1.82) is 0 Å². The zero-order valence-electron chi connectivity index (χ0n) is 13.7. The standard InChI is InChI=1S/C18H22FN3O.HI/c1-23-17-13-15(7-8-16(17)19)10-12-22-18(20)21-11-9-14-5-3-2-4-6-14;/h2-8,13H,9-12H2,1H3,(H3,20,21,22);1H. The molecule has 0 unspecified atom stereocenters. The summed E-state index contributed by atoms with van der Waals surface area (Å²) in [5, 5.41) is 3.06. The Kier molecular flexibility index (Phi) is 9.14. The van der Waals surface area contributed by atoms with Gasteiger partial charge in [0.05, 0.1) is 7.11 Å². The molecule has 4 nitrogen and oxygen atoms in total. The van der Waals surface area contributed by atoms with Gasteiger partial charge in [0.25, 0.3) is 0 Å². The van der Waals surface area contributed by atoms with Crippen LogP contribution in [0.2, 0.25) is 0 Å². The molecule has 0 amide bonds. The van der Waals surface area contributed by atoms with E-state index in [4.69, 9.17) is 10.5 Å². The lowest BCUT2D eigenvalue weighted by molar-refractivity contribution is 0.386. The van der Waals surface area contributed by atoms with E-state index in [0.717, 1.165) is 12.0 Å². The maximum Gasteiger partial charge on any atom is 0.188 e.